The van der Waals surface area contributed by atoms with Gasteiger partial charge in [0.2, 0.25) is 5.91 Å². The molecule has 0 spiro atoms. The second kappa shape index (κ2) is 11.3. The number of carbonyl (C=O) groups excluding carboxylic acids is 3. The molecule has 0 aliphatic heterocycles. The highest BCUT2D eigenvalue weighted by Crippen LogP contribution is 2.27. The van der Waals surface area contributed by atoms with E-state index < -0.39 is 35.6 Å². The number of benzene rings is 2. The van der Waals surface area contributed by atoms with Crippen LogP contribution in [0.15, 0.2) is 42.5 Å². The molecule has 0 radical (unpaired) electrons. The van der Waals surface area contributed by atoms with Gasteiger partial charge in [0.15, 0.2) is 0 Å². The van der Waals surface area contributed by atoms with Crippen LogP contribution in [0, 0.1) is 13.8 Å². The van der Waals surface area contributed by atoms with E-state index in [2.05, 4.69) is 23.3 Å². The van der Waals surface area contributed by atoms with Crippen LogP contribution in [0.2, 0.25) is 0 Å². The van der Waals surface area contributed by atoms with Crippen molar-refractivity contribution in [3.63, 3.8) is 0 Å². The first-order valence-corrected chi connectivity index (χ1v) is 11.5. The van der Waals surface area contributed by atoms with Crippen LogP contribution in [0.4, 0.5) is 10.5 Å². The standard InChI is InChI=1S/C25H33N3O5S/c1-15-9-7-8-10-18(15)26-22(30)21(17-11-12-20(29)16(2)13-17)28(6)23(31)19(14-34)27-24(32)33-25(3,4)5/h7-13,19,21,29,34H,14H2,1-6H3,(H,26,30)(H,27,32). The lowest BCUT2D eigenvalue weighted by molar-refractivity contribution is -0.138. The maximum Gasteiger partial charge on any atom is 0.408 e. The van der Waals surface area contributed by atoms with Gasteiger partial charge in [0.25, 0.3) is 5.91 Å². The van der Waals surface area contributed by atoms with Gasteiger partial charge in [-0.25, -0.2) is 4.79 Å². The van der Waals surface area contributed by atoms with Gasteiger partial charge in [0, 0.05) is 18.5 Å². The Kier molecular flexibility index (Phi) is 8.98. The number of aryl methyl sites for hydroxylation is 2. The van der Waals surface area contributed by atoms with Gasteiger partial charge in [-0.15, -0.1) is 0 Å². The van der Waals surface area contributed by atoms with Crippen molar-refractivity contribution < 1.29 is 24.2 Å². The number of hydrogen-bond donors (Lipinski definition) is 4. The van der Waals surface area contributed by atoms with E-state index in [0.29, 0.717) is 16.8 Å². The molecule has 9 heteroatoms. The van der Waals surface area contributed by atoms with E-state index in [4.69, 9.17) is 4.74 Å². The van der Waals surface area contributed by atoms with E-state index in [-0.39, 0.29) is 11.5 Å². The van der Waals surface area contributed by atoms with Crippen molar-refractivity contribution in [2.45, 2.75) is 52.3 Å². The Morgan fingerprint density at radius 3 is 2.29 bits per heavy atom. The number of nitrogens with one attached hydrogen (secondary N) is 2. The fourth-order valence-electron chi connectivity index (χ4n) is 3.32. The largest absolute Gasteiger partial charge is 0.508 e. The summed E-state index contributed by atoms with van der Waals surface area (Å²) >= 11 is 4.22. The molecular formula is C25H33N3O5S. The second-order valence-electron chi connectivity index (χ2n) is 9.08. The monoisotopic (exact) mass is 487 g/mol. The summed E-state index contributed by atoms with van der Waals surface area (Å²) in [6.07, 6.45) is -0.755. The number of thiol groups is 1. The second-order valence-corrected chi connectivity index (χ2v) is 9.45. The molecule has 0 fully saturated rings. The Labute approximate surface area is 206 Å². The molecule has 2 aromatic rings. The summed E-state index contributed by atoms with van der Waals surface area (Å²) < 4.78 is 5.25. The van der Waals surface area contributed by atoms with E-state index in [9.17, 15) is 19.5 Å². The first kappa shape index (κ1) is 27.0. The molecule has 0 aliphatic carbocycles. The Hall–Kier alpha value is -3.20. The zero-order valence-electron chi connectivity index (χ0n) is 20.4. The molecule has 0 saturated heterocycles. The molecule has 0 saturated carbocycles. The molecule has 2 atom stereocenters. The third-order valence-corrected chi connectivity index (χ3v) is 5.46. The van der Waals surface area contributed by atoms with Crippen molar-refractivity contribution in [2.24, 2.45) is 0 Å². The molecular weight excluding hydrogens is 454 g/mol. The number of aromatic hydroxyl groups is 1. The van der Waals surface area contributed by atoms with Crippen molar-refractivity contribution in [2.75, 3.05) is 18.1 Å². The molecule has 0 aromatic heterocycles. The molecule has 0 bridgehead atoms. The SMILES string of the molecule is Cc1cc(C(C(=O)Nc2ccccc2C)N(C)C(=O)C(CS)NC(=O)OC(C)(C)C)ccc1O. The highest BCUT2D eigenvalue weighted by molar-refractivity contribution is 7.80. The molecule has 2 rings (SSSR count). The van der Waals surface area contributed by atoms with Gasteiger partial charge in [-0.1, -0.05) is 24.3 Å². The molecule has 3 N–H and O–H groups in total. The van der Waals surface area contributed by atoms with Crippen LogP contribution in [0.1, 0.15) is 43.5 Å². The fraction of sp³-hybridized carbons (Fsp3) is 0.400. The zero-order chi connectivity index (χ0) is 25.6. The van der Waals surface area contributed by atoms with Crippen molar-refractivity contribution in [3.05, 3.63) is 59.2 Å². The first-order chi connectivity index (χ1) is 15.8. The lowest BCUT2D eigenvalue weighted by Gasteiger charge is -2.31. The van der Waals surface area contributed by atoms with Gasteiger partial charge in [-0.05, 0) is 69.5 Å². The Balaban J connectivity index is 2.37. The smallest absolute Gasteiger partial charge is 0.408 e. The summed E-state index contributed by atoms with van der Waals surface area (Å²) in [4.78, 5) is 40.3. The number of ether oxygens (including phenoxy) is 1. The number of likely N-dealkylation sites (N-methyl/N-ethyl adjacent to an activating group) is 1. The minimum absolute atomic E-state index is 0.00313. The third-order valence-electron chi connectivity index (χ3n) is 5.09. The van der Waals surface area contributed by atoms with Crippen LogP contribution >= 0.6 is 12.6 Å². The van der Waals surface area contributed by atoms with E-state index in [0.717, 1.165) is 5.56 Å². The van der Waals surface area contributed by atoms with E-state index in [1.54, 1.807) is 52.0 Å². The maximum atomic E-state index is 13.4. The molecule has 8 nitrogen and oxygen atoms in total. The molecule has 184 valence electrons. The van der Waals surface area contributed by atoms with Crippen LogP contribution in [-0.4, -0.2) is 52.4 Å². The van der Waals surface area contributed by atoms with Crippen LogP contribution in [0.25, 0.3) is 0 Å². The fourth-order valence-corrected chi connectivity index (χ4v) is 3.57. The zero-order valence-corrected chi connectivity index (χ0v) is 21.3. The Bertz CT molecular complexity index is 1050. The van der Waals surface area contributed by atoms with Crippen molar-refractivity contribution in [1.29, 1.82) is 0 Å². The first-order valence-electron chi connectivity index (χ1n) is 10.9. The average molecular weight is 488 g/mol. The highest BCUT2D eigenvalue weighted by atomic mass is 32.1. The lowest BCUT2D eigenvalue weighted by Crippen LogP contribution is -2.52. The summed E-state index contributed by atoms with van der Waals surface area (Å²) in [5, 5.41) is 15.4. The number of rotatable bonds is 7. The van der Waals surface area contributed by atoms with Gasteiger partial charge in [0.05, 0.1) is 0 Å². The average Bonchev–Trinajstić information content (AvgIpc) is 2.74. The van der Waals surface area contributed by atoms with E-state index in [1.165, 1.54) is 18.0 Å². The van der Waals surface area contributed by atoms with Crippen LogP contribution in [0.5, 0.6) is 5.75 Å². The van der Waals surface area contributed by atoms with Crippen molar-refractivity contribution in [1.82, 2.24) is 10.2 Å². The molecule has 2 aromatic carbocycles. The summed E-state index contributed by atoms with van der Waals surface area (Å²) in [5.74, 6) is -0.874. The number of amides is 3. The number of hydrogen-bond acceptors (Lipinski definition) is 6. The van der Waals surface area contributed by atoms with Gasteiger partial charge < -0.3 is 25.4 Å². The van der Waals surface area contributed by atoms with E-state index >= 15 is 0 Å². The van der Waals surface area contributed by atoms with Gasteiger partial charge >= 0.3 is 6.09 Å². The Morgan fingerprint density at radius 2 is 1.74 bits per heavy atom. The molecule has 2 unspecified atom stereocenters. The number of phenolic OH excluding ortho intramolecular Hbond substituents is 1. The van der Waals surface area contributed by atoms with Crippen LogP contribution in [-0.2, 0) is 14.3 Å². The van der Waals surface area contributed by atoms with Gasteiger partial charge in [-0.2, -0.15) is 12.6 Å². The van der Waals surface area contributed by atoms with Crippen LogP contribution < -0.4 is 10.6 Å². The number of anilines is 1. The Morgan fingerprint density at radius 1 is 1.09 bits per heavy atom. The third kappa shape index (κ3) is 7.15. The van der Waals surface area contributed by atoms with Gasteiger partial charge in [-0.3, -0.25) is 9.59 Å². The van der Waals surface area contributed by atoms with Gasteiger partial charge in [0.1, 0.15) is 23.4 Å². The maximum absolute atomic E-state index is 13.4. The minimum atomic E-state index is -1.03. The lowest BCUT2D eigenvalue weighted by atomic mass is 10.0. The minimum Gasteiger partial charge on any atom is -0.508 e. The summed E-state index contributed by atoms with van der Waals surface area (Å²) in [5.41, 5.74) is 1.81. The number of phenols is 1. The topological polar surface area (TPSA) is 108 Å². The summed E-state index contributed by atoms with van der Waals surface area (Å²) in [6, 6.07) is 9.97. The summed E-state index contributed by atoms with van der Waals surface area (Å²) in [6.45, 7) is 8.73. The molecule has 0 heterocycles. The summed E-state index contributed by atoms with van der Waals surface area (Å²) in [7, 11) is 1.49. The predicted molar refractivity (Wildman–Crippen MR) is 135 cm³/mol. The molecule has 0 aliphatic rings. The normalized spacial score (nSPS) is 12.9. The quantitative estimate of drug-likeness (QED) is 0.442. The highest BCUT2D eigenvalue weighted by Gasteiger charge is 2.34. The van der Waals surface area contributed by atoms with Crippen LogP contribution in [0.3, 0.4) is 0 Å². The van der Waals surface area contributed by atoms with Crippen molar-refractivity contribution in [3.8, 4) is 5.75 Å². The number of alkyl carbamates (subject to hydrolysis) is 1. The van der Waals surface area contributed by atoms with E-state index in [1.807, 2.05) is 19.1 Å². The molecule has 34 heavy (non-hydrogen) atoms. The molecule has 3 amide bonds. The van der Waals surface area contributed by atoms with Crippen molar-refractivity contribution >= 4 is 36.2 Å². The number of para-hydroxylation sites is 1. The number of carbonyl (C=O) groups is 3. The number of nitrogens with zero attached hydrogens (tertiary/aromatic N) is 1. The predicted octanol–water partition coefficient (Wildman–Crippen LogP) is 3.97.